The van der Waals surface area contributed by atoms with Crippen LogP contribution in [0.3, 0.4) is 0 Å². The van der Waals surface area contributed by atoms with Crippen LogP contribution in [0.25, 0.3) is 10.8 Å². The predicted molar refractivity (Wildman–Crippen MR) is 140 cm³/mol. The molecular formula is C27H46N2O3S. The number of nitrogens with two attached hydrogens (primary N) is 1. The van der Waals surface area contributed by atoms with E-state index < -0.39 is 10.3 Å². The van der Waals surface area contributed by atoms with Gasteiger partial charge in [0.15, 0.2) is 0 Å². The van der Waals surface area contributed by atoms with Crippen molar-refractivity contribution in [1.29, 1.82) is 0 Å². The van der Waals surface area contributed by atoms with Gasteiger partial charge in [0.1, 0.15) is 0 Å². The molecule has 0 bridgehead atoms. The second-order valence-corrected chi connectivity index (χ2v) is 10.0. The Bertz CT molecular complexity index is 835. The highest BCUT2D eigenvalue weighted by Crippen LogP contribution is 2.19. The van der Waals surface area contributed by atoms with Crippen molar-refractivity contribution in [3.8, 4) is 0 Å². The van der Waals surface area contributed by atoms with Crippen molar-refractivity contribution in [3.63, 3.8) is 0 Å². The van der Waals surface area contributed by atoms with Gasteiger partial charge < -0.3 is 0 Å². The maximum Gasteiger partial charge on any atom is 0.333 e. The fourth-order valence-corrected chi connectivity index (χ4v) is 4.22. The number of hydrogen-bond donors (Lipinski definition) is 1. The van der Waals surface area contributed by atoms with Crippen molar-refractivity contribution < 1.29 is 12.6 Å². The lowest BCUT2D eigenvalue weighted by atomic mass is 10.0. The normalized spacial score (nSPS) is 11.4. The highest BCUT2D eigenvalue weighted by Gasteiger charge is 2.02. The summed E-state index contributed by atoms with van der Waals surface area (Å²) in [5.41, 5.74) is 1.28. The van der Waals surface area contributed by atoms with Gasteiger partial charge in [0.25, 0.3) is 0 Å². The largest absolute Gasteiger partial charge is 0.333 e. The molecule has 188 valence electrons. The monoisotopic (exact) mass is 478 g/mol. The van der Waals surface area contributed by atoms with Gasteiger partial charge in [-0.1, -0.05) is 115 Å². The lowest BCUT2D eigenvalue weighted by Gasteiger charge is -2.05. The van der Waals surface area contributed by atoms with Gasteiger partial charge in [-0.3, -0.25) is 9.17 Å². The maximum atomic E-state index is 10.2. The number of aromatic nitrogens is 1. The van der Waals surface area contributed by atoms with Crippen LogP contribution in [-0.4, -0.2) is 20.0 Å². The number of aryl methyl sites for hydroxylation is 1. The smallest absolute Gasteiger partial charge is 0.261 e. The molecule has 0 saturated carbocycles. The minimum Gasteiger partial charge on any atom is -0.261 e. The zero-order valence-electron chi connectivity index (χ0n) is 20.9. The number of unbranched alkanes of at least 4 members (excludes halogenated alkanes) is 12. The van der Waals surface area contributed by atoms with Crippen LogP contribution < -0.4 is 5.14 Å². The molecule has 0 amide bonds. The Morgan fingerprint density at radius 3 is 1.91 bits per heavy atom. The predicted octanol–water partition coefficient (Wildman–Crippen LogP) is 7.49. The van der Waals surface area contributed by atoms with E-state index in [9.17, 15) is 8.42 Å². The molecule has 1 heterocycles. The Labute approximate surface area is 202 Å². The van der Waals surface area contributed by atoms with Gasteiger partial charge in [0.05, 0.1) is 6.61 Å². The van der Waals surface area contributed by atoms with Crippen LogP contribution in [0, 0.1) is 0 Å². The van der Waals surface area contributed by atoms with Crippen LogP contribution >= 0.6 is 0 Å². The lowest BCUT2D eigenvalue weighted by molar-refractivity contribution is 0.307. The Kier molecular flexibility index (Phi) is 16.9. The van der Waals surface area contributed by atoms with Crippen LogP contribution in [0.5, 0.6) is 0 Å². The average molecular weight is 479 g/mol. The third-order valence-electron chi connectivity index (χ3n) is 5.77. The van der Waals surface area contributed by atoms with Crippen molar-refractivity contribution in [2.75, 3.05) is 6.61 Å². The Morgan fingerprint density at radius 2 is 1.30 bits per heavy atom. The van der Waals surface area contributed by atoms with E-state index in [-0.39, 0.29) is 6.61 Å². The molecular weight excluding hydrogens is 432 g/mol. The van der Waals surface area contributed by atoms with E-state index in [0.717, 1.165) is 32.1 Å². The third kappa shape index (κ3) is 15.9. The topological polar surface area (TPSA) is 82.3 Å². The fourth-order valence-electron chi connectivity index (χ4n) is 3.87. The van der Waals surface area contributed by atoms with Crippen molar-refractivity contribution in [2.45, 2.75) is 110 Å². The lowest BCUT2D eigenvalue weighted by Crippen LogP contribution is -2.16. The van der Waals surface area contributed by atoms with E-state index in [1.54, 1.807) is 0 Å². The van der Waals surface area contributed by atoms with Gasteiger partial charge in [-0.15, -0.1) is 0 Å². The molecule has 0 fully saturated rings. The van der Waals surface area contributed by atoms with Crippen molar-refractivity contribution in [1.82, 2.24) is 4.98 Å². The first-order chi connectivity index (χ1) is 16.0. The summed E-state index contributed by atoms with van der Waals surface area (Å²) in [7, 11) is -3.71. The third-order valence-corrected chi connectivity index (χ3v) is 6.26. The molecule has 2 aromatic rings. The standard InChI is InChI=1S/C21H31N.C6H15NO3S/c1-2-3-4-5-6-7-8-9-10-11-16-21-20-15-13-12-14-19(20)17-18-22-21;1-2-3-4-5-6-10-11(7,8)9/h12-15,17-18H,2-11,16H2,1H3;2-6H2,1H3,(H2,7,8,9). The van der Waals surface area contributed by atoms with Gasteiger partial charge in [-0.25, -0.2) is 5.14 Å². The zero-order chi connectivity index (χ0) is 24.2. The molecule has 0 aliphatic carbocycles. The van der Waals surface area contributed by atoms with Crippen LogP contribution in [0.2, 0.25) is 0 Å². The fraction of sp³-hybridized carbons (Fsp3) is 0.667. The maximum absolute atomic E-state index is 10.2. The van der Waals surface area contributed by atoms with Crippen molar-refractivity contribution >= 4 is 21.1 Å². The van der Waals surface area contributed by atoms with Crippen LogP contribution in [-0.2, 0) is 20.9 Å². The molecule has 5 nitrogen and oxygen atoms in total. The molecule has 0 radical (unpaired) electrons. The second kappa shape index (κ2) is 18.9. The Hall–Kier alpha value is -1.50. The summed E-state index contributed by atoms with van der Waals surface area (Å²) in [6.45, 7) is 4.57. The van der Waals surface area contributed by atoms with Gasteiger partial charge in [0, 0.05) is 17.3 Å². The van der Waals surface area contributed by atoms with Crippen LogP contribution in [0.15, 0.2) is 36.5 Å². The van der Waals surface area contributed by atoms with E-state index in [1.807, 2.05) is 6.20 Å². The highest BCUT2D eigenvalue weighted by molar-refractivity contribution is 7.84. The summed E-state index contributed by atoms with van der Waals surface area (Å²) >= 11 is 0. The first-order valence-corrected chi connectivity index (χ1v) is 14.4. The van der Waals surface area contributed by atoms with Gasteiger partial charge in [-0.2, -0.15) is 8.42 Å². The highest BCUT2D eigenvalue weighted by atomic mass is 32.2. The summed E-state index contributed by atoms with van der Waals surface area (Å²) in [5.74, 6) is 0. The Balaban J connectivity index is 0.000000420. The molecule has 33 heavy (non-hydrogen) atoms. The van der Waals surface area contributed by atoms with E-state index >= 15 is 0 Å². The molecule has 0 saturated heterocycles. The molecule has 1 aromatic heterocycles. The van der Waals surface area contributed by atoms with E-state index in [4.69, 9.17) is 0 Å². The number of hydrogen-bond acceptors (Lipinski definition) is 4. The number of benzene rings is 1. The first-order valence-electron chi connectivity index (χ1n) is 13.0. The molecule has 6 heteroatoms. The number of nitrogens with zero attached hydrogens (tertiary/aromatic N) is 1. The summed E-state index contributed by atoms with van der Waals surface area (Å²) in [6, 6.07) is 10.7. The summed E-state index contributed by atoms with van der Waals surface area (Å²) in [6.07, 6.45) is 21.0. The minimum absolute atomic E-state index is 0.207. The van der Waals surface area contributed by atoms with E-state index in [0.29, 0.717) is 0 Å². The number of rotatable bonds is 17. The van der Waals surface area contributed by atoms with Crippen LogP contribution in [0.4, 0.5) is 0 Å². The molecule has 0 aliphatic rings. The summed E-state index contributed by atoms with van der Waals surface area (Å²) < 4.78 is 24.8. The summed E-state index contributed by atoms with van der Waals surface area (Å²) in [4.78, 5) is 4.58. The quantitative estimate of drug-likeness (QED) is 0.239. The van der Waals surface area contributed by atoms with Crippen molar-refractivity contribution in [2.24, 2.45) is 5.14 Å². The second-order valence-electron chi connectivity index (χ2n) is 8.79. The zero-order valence-corrected chi connectivity index (χ0v) is 21.8. The SMILES string of the molecule is CCCCCCCCCCCCc1nccc2ccccc12.CCCCCCOS(N)(=O)=O. The van der Waals surface area contributed by atoms with Crippen LogP contribution in [0.1, 0.15) is 109 Å². The van der Waals surface area contributed by atoms with Gasteiger partial charge in [0.2, 0.25) is 0 Å². The minimum atomic E-state index is -3.71. The number of fused-ring (bicyclic) bond motifs is 1. The Morgan fingerprint density at radius 1 is 0.758 bits per heavy atom. The molecule has 0 unspecified atom stereocenters. The summed E-state index contributed by atoms with van der Waals surface area (Å²) in [5, 5.41) is 7.25. The van der Waals surface area contributed by atoms with E-state index in [1.165, 1.54) is 80.7 Å². The molecule has 0 aliphatic heterocycles. The number of pyridine rings is 1. The molecule has 1 aromatic carbocycles. The molecule has 0 atom stereocenters. The van der Waals surface area contributed by atoms with E-state index in [2.05, 4.69) is 58.5 Å². The molecule has 2 rings (SSSR count). The molecule has 2 N–H and O–H groups in total. The average Bonchev–Trinajstić information content (AvgIpc) is 2.80. The molecule has 0 spiro atoms. The van der Waals surface area contributed by atoms with Crippen molar-refractivity contribution in [3.05, 3.63) is 42.2 Å². The van der Waals surface area contributed by atoms with Gasteiger partial charge in [-0.05, 0) is 30.7 Å². The van der Waals surface area contributed by atoms with Gasteiger partial charge >= 0.3 is 10.3 Å². The first kappa shape index (κ1) is 29.5.